The normalized spacial score (nSPS) is 12.3. The molecule has 4 rings (SSSR count). The molecule has 0 saturated carbocycles. The topological polar surface area (TPSA) is 56.5 Å². The number of aromatic nitrogens is 5. The van der Waals surface area contributed by atoms with E-state index in [1.807, 2.05) is 24.5 Å². The summed E-state index contributed by atoms with van der Waals surface area (Å²) in [6.45, 7) is 0.368. The van der Waals surface area contributed by atoms with Gasteiger partial charge in [0.25, 0.3) is 0 Å². The quantitative estimate of drug-likeness (QED) is 0.497. The molecule has 0 aliphatic heterocycles. The Kier molecular flexibility index (Phi) is 3.88. The Labute approximate surface area is 148 Å². The van der Waals surface area contributed by atoms with Crippen LogP contribution in [0.2, 0.25) is 0 Å². The summed E-state index contributed by atoms with van der Waals surface area (Å²) >= 11 is 3.17. The summed E-state index contributed by atoms with van der Waals surface area (Å²) in [5, 5.41) is 0. The van der Waals surface area contributed by atoms with Gasteiger partial charge in [0.2, 0.25) is 5.82 Å². The molecule has 0 aliphatic carbocycles. The lowest BCUT2D eigenvalue weighted by molar-refractivity contribution is -0.144. The number of imidazole rings is 1. The number of rotatable bonds is 3. The molecule has 0 bridgehead atoms. The molecule has 0 spiro atoms. The number of benzene rings is 1. The van der Waals surface area contributed by atoms with Crippen LogP contribution in [-0.4, -0.2) is 30.8 Å². The van der Waals surface area contributed by atoms with Crippen molar-refractivity contribution in [3.63, 3.8) is 0 Å². The van der Waals surface area contributed by atoms with E-state index in [-0.39, 0.29) is 5.65 Å². The molecule has 0 N–H and O–H groups in total. The van der Waals surface area contributed by atoms with E-state index in [2.05, 4.69) is 19.9 Å². The van der Waals surface area contributed by atoms with Gasteiger partial charge in [0.15, 0.2) is 9.99 Å². The molecular weight excluding hydrogens is 371 g/mol. The summed E-state index contributed by atoms with van der Waals surface area (Å²) in [6, 6.07) is 5.81. The van der Waals surface area contributed by atoms with E-state index in [4.69, 9.17) is 0 Å². The maximum Gasteiger partial charge on any atom is 0.451 e. The van der Waals surface area contributed by atoms with Crippen LogP contribution in [0.1, 0.15) is 11.4 Å². The Bertz CT molecular complexity index is 1070. The van der Waals surface area contributed by atoms with Gasteiger partial charge in [-0.15, -0.1) is 11.3 Å². The maximum absolute atomic E-state index is 12.8. The van der Waals surface area contributed by atoms with E-state index in [9.17, 15) is 13.2 Å². The number of thiazole rings is 1. The van der Waals surface area contributed by atoms with Crippen LogP contribution in [0.15, 0.2) is 35.1 Å². The zero-order valence-corrected chi connectivity index (χ0v) is 14.4. The van der Waals surface area contributed by atoms with Crippen molar-refractivity contribution in [2.75, 3.05) is 6.26 Å². The van der Waals surface area contributed by atoms with E-state index in [0.29, 0.717) is 12.1 Å². The molecule has 128 valence electrons. The highest BCUT2D eigenvalue weighted by Crippen LogP contribution is 2.29. The highest BCUT2D eigenvalue weighted by molar-refractivity contribution is 8.00. The van der Waals surface area contributed by atoms with Gasteiger partial charge in [-0.05, 0) is 24.0 Å². The minimum Gasteiger partial charge on any atom is -0.311 e. The SMILES string of the molecule is CSc1nc2ccc(Cn3cnc4cnc(C(F)(F)F)nc43)cc2s1. The van der Waals surface area contributed by atoms with Gasteiger partial charge in [0, 0.05) is 0 Å². The summed E-state index contributed by atoms with van der Waals surface area (Å²) < 4.78 is 42.1. The second kappa shape index (κ2) is 5.95. The molecule has 4 aromatic rings. The molecule has 0 atom stereocenters. The van der Waals surface area contributed by atoms with Gasteiger partial charge in [-0.2, -0.15) is 13.2 Å². The third-order valence-electron chi connectivity index (χ3n) is 3.57. The first-order valence-corrected chi connectivity index (χ1v) is 9.17. The van der Waals surface area contributed by atoms with E-state index < -0.39 is 12.0 Å². The van der Waals surface area contributed by atoms with E-state index >= 15 is 0 Å². The third kappa shape index (κ3) is 3.07. The first-order valence-electron chi connectivity index (χ1n) is 7.12. The molecule has 5 nitrogen and oxygen atoms in total. The smallest absolute Gasteiger partial charge is 0.311 e. The van der Waals surface area contributed by atoms with Crippen LogP contribution < -0.4 is 0 Å². The average Bonchev–Trinajstić information content (AvgIpc) is 3.17. The van der Waals surface area contributed by atoms with Crippen LogP contribution in [0.4, 0.5) is 13.2 Å². The van der Waals surface area contributed by atoms with Crippen molar-refractivity contribution in [3.05, 3.63) is 42.1 Å². The number of hydrogen-bond donors (Lipinski definition) is 0. The average molecular weight is 381 g/mol. The first-order chi connectivity index (χ1) is 11.9. The molecule has 0 fully saturated rings. The Morgan fingerprint density at radius 1 is 1.16 bits per heavy atom. The molecule has 0 amide bonds. The second-order valence-corrected chi connectivity index (χ2v) is 7.34. The van der Waals surface area contributed by atoms with Gasteiger partial charge in [0.05, 0.1) is 29.3 Å². The summed E-state index contributed by atoms with van der Waals surface area (Å²) in [5.74, 6) is -1.16. The molecule has 25 heavy (non-hydrogen) atoms. The van der Waals surface area contributed by atoms with Crippen LogP contribution in [0.3, 0.4) is 0 Å². The lowest BCUT2D eigenvalue weighted by atomic mass is 10.2. The first kappa shape index (κ1) is 16.3. The number of alkyl halides is 3. The Hall–Kier alpha value is -2.20. The summed E-state index contributed by atoms with van der Waals surface area (Å²) in [4.78, 5) is 15.5. The number of thioether (sulfide) groups is 1. The van der Waals surface area contributed by atoms with Gasteiger partial charge in [0.1, 0.15) is 5.52 Å². The molecule has 3 aromatic heterocycles. The van der Waals surface area contributed by atoms with Crippen molar-refractivity contribution < 1.29 is 13.2 Å². The zero-order valence-electron chi connectivity index (χ0n) is 12.8. The van der Waals surface area contributed by atoms with Crippen molar-refractivity contribution in [1.29, 1.82) is 0 Å². The zero-order chi connectivity index (χ0) is 17.6. The molecule has 0 radical (unpaired) electrons. The predicted molar refractivity (Wildman–Crippen MR) is 90.8 cm³/mol. The molecule has 10 heteroatoms. The summed E-state index contributed by atoms with van der Waals surface area (Å²) in [6.07, 6.45) is -0.0459. The van der Waals surface area contributed by atoms with Gasteiger partial charge < -0.3 is 4.57 Å². The molecule has 3 heterocycles. The minimum absolute atomic E-state index is 0.163. The van der Waals surface area contributed by atoms with Crippen molar-refractivity contribution in [2.45, 2.75) is 17.1 Å². The van der Waals surface area contributed by atoms with Crippen molar-refractivity contribution in [1.82, 2.24) is 24.5 Å². The van der Waals surface area contributed by atoms with E-state index in [1.165, 1.54) is 6.33 Å². The fourth-order valence-electron chi connectivity index (χ4n) is 2.44. The fraction of sp³-hybridized carbons (Fsp3) is 0.200. The summed E-state index contributed by atoms with van der Waals surface area (Å²) in [5.41, 5.74) is 2.35. The van der Waals surface area contributed by atoms with Crippen LogP contribution >= 0.6 is 23.1 Å². The van der Waals surface area contributed by atoms with Crippen LogP contribution in [0, 0.1) is 0 Å². The second-order valence-electron chi connectivity index (χ2n) is 5.26. The van der Waals surface area contributed by atoms with Crippen molar-refractivity contribution >= 4 is 44.5 Å². The van der Waals surface area contributed by atoms with Gasteiger partial charge in [-0.25, -0.2) is 19.9 Å². The van der Waals surface area contributed by atoms with E-state index in [0.717, 1.165) is 26.3 Å². The number of hydrogen-bond acceptors (Lipinski definition) is 6. The Morgan fingerprint density at radius 3 is 2.76 bits per heavy atom. The van der Waals surface area contributed by atoms with Gasteiger partial charge in [-0.3, -0.25) is 0 Å². The Morgan fingerprint density at radius 2 is 2.00 bits per heavy atom. The number of halogens is 3. The fourth-order valence-corrected chi connectivity index (χ4v) is 3.99. The molecule has 0 aliphatic rings. The number of fused-ring (bicyclic) bond motifs is 2. The lowest BCUT2D eigenvalue weighted by Crippen LogP contribution is -2.11. The Balaban J connectivity index is 1.72. The van der Waals surface area contributed by atoms with Crippen LogP contribution in [0.5, 0.6) is 0 Å². The summed E-state index contributed by atoms with van der Waals surface area (Å²) in [7, 11) is 0. The third-order valence-corrected chi connectivity index (χ3v) is 5.58. The molecular formula is C15H10F3N5S2. The van der Waals surface area contributed by atoms with E-state index in [1.54, 1.807) is 27.7 Å². The molecule has 1 aromatic carbocycles. The monoisotopic (exact) mass is 381 g/mol. The van der Waals surface area contributed by atoms with Crippen LogP contribution in [-0.2, 0) is 12.7 Å². The standard InChI is InChI=1S/C15H10F3N5S2/c1-24-14-21-9-3-2-8(4-11(9)25-14)6-23-7-20-10-5-19-13(15(16,17)18)22-12(10)23/h2-5,7H,6H2,1H3. The lowest BCUT2D eigenvalue weighted by Gasteiger charge is -2.06. The number of nitrogens with zero attached hydrogens (tertiary/aromatic N) is 5. The van der Waals surface area contributed by atoms with Crippen LogP contribution in [0.25, 0.3) is 21.4 Å². The molecule has 0 unspecified atom stereocenters. The van der Waals surface area contributed by atoms with Gasteiger partial charge >= 0.3 is 6.18 Å². The van der Waals surface area contributed by atoms with Gasteiger partial charge in [-0.1, -0.05) is 17.8 Å². The van der Waals surface area contributed by atoms with Crippen molar-refractivity contribution in [3.8, 4) is 0 Å². The predicted octanol–water partition coefficient (Wildman–Crippen LogP) is 4.23. The highest BCUT2D eigenvalue weighted by Gasteiger charge is 2.35. The highest BCUT2D eigenvalue weighted by atomic mass is 32.2. The minimum atomic E-state index is -4.58. The largest absolute Gasteiger partial charge is 0.451 e. The molecule has 0 saturated heterocycles. The van der Waals surface area contributed by atoms with Crippen molar-refractivity contribution in [2.24, 2.45) is 0 Å². The maximum atomic E-state index is 12.8.